The lowest BCUT2D eigenvalue weighted by molar-refractivity contribution is -0.114. The van der Waals surface area contributed by atoms with E-state index in [0.29, 0.717) is 23.8 Å². The maximum Gasteiger partial charge on any atom is 0.337 e. The maximum absolute atomic E-state index is 12.0. The molecular weight excluding hydrogens is 332 g/mol. The molecular formula is C20H24N2O4. The average molecular weight is 356 g/mol. The predicted molar refractivity (Wildman–Crippen MR) is 102 cm³/mol. The topological polar surface area (TPSA) is 76.7 Å². The Labute approximate surface area is 153 Å². The summed E-state index contributed by atoms with van der Waals surface area (Å²) in [7, 11) is 1.33. The van der Waals surface area contributed by atoms with E-state index in [1.54, 1.807) is 24.3 Å². The van der Waals surface area contributed by atoms with E-state index in [9.17, 15) is 9.59 Å². The predicted octanol–water partition coefficient (Wildman–Crippen LogP) is 3.56. The van der Waals surface area contributed by atoms with Crippen LogP contribution in [0.15, 0.2) is 48.5 Å². The third-order valence-corrected chi connectivity index (χ3v) is 3.48. The minimum absolute atomic E-state index is 0.130. The fraction of sp³-hybridized carbons (Fsp3) is 0.300. The molecule has 0 saturated heterocycles. The van der Waals surface area contributed by atoms with Gasteiger partial charge >= 0.3 is 5.97 Å². The largest absolute Gasteiger partial charge is 0.493 e. The van der Waals surface area contributed by atoms with Crippen molar-refractivity contribution < 1.29 is 19.1 Å². The van der Waals surface area contributed by atoms with Crippen LogP contribution in [0, 0.1) is 5.92 Å². The van der Waals surface area contributed by atoms with Gasteiger partial charge in [0.05, 0.1) is 25.8 Å². The maximum atomic E-state index is 12.0. The van der Waals surface area contributed by atoms with E-state index in [0.717, 1.165) is 11.4 Å². The second-order valence-electron chi connectivity index (χ2n) is 6.20. The average Bonchev–Trinajstić information content (AvgIpc) is 2.65. The first-order valence-electron chi connectivity index (χ1n) is 8.43. The van der Waals surface area contributed by atoms with Crippen molar-refractivity contribution in [2.24, 2.45) is 5.92 Å². The highest BCUT2D eigenvalue weighted by molar-refractivity contribution is 5.95. The fourth-order valence-corrected chi connectivity index (χ4v) is 2.13. The Balaban J connectivity index is 1.80. The normalized spacial score (nSPS) is 10.3. The molecule has 0 unspecified atom stereocenters. The van der Waals surface area contributed by atoms with E-state index in [1.807, 2.05) is 24.3 Å². The number of anilines is 2. The number of rotatable bonds is 8. The van der Waals surface area contributed by atoms with Crippen molar-refractivity contribution in [2.45, 2.75) is 13.8 Å². The monoisotopic (exact) mass is 356 g/mol. The number of benzene rings is 2. The van der Waals surface area contributed by atoms with Crippen LogP contribution in [-0.4, -0.2) is 32.1 Å². The number of hydrogen-bond acceptors (Lipinski definition) is 5. The van der Waals surface area contributed by atoms with Gasteiger partial charge in [0.15, 0.2) is 0 Å². The molecule has 6 nitrogen and oxygen atoms in total. The summed E-state index contributed by atoms with van der Waals surface area (Å²) in [4.78, 5) is 23.4. The Hall–Kier alpha value is -3.02. The first-order chi connectivity index (χ1) is 12.5. The molecule has 0 aliphatic carbocycles. The van der Waals surface area contributed by atoms with Gasteiger partial charge in [-0.1, -0.05) is 13.8 Å². The zero-order chi connectivity index (χ0) is 18.9. The van der Waals surface area contributed by atoms with Gasteiger partial charge in [-0.25, -0.2) is 4.79 Å². The molecule has 2 rings (SSSR count). The third kappa shape index (κ3) is 6.12. The molecule has 0 radical (unpaired) electrons. The molecule has 0 aromatic heterocycles. The summed E-state index contributed by atoms with van der Waals surface area (Å²) >= 11 is 0. The zero-order valence-corrected chi connectivity index (χ0v) is 15.2. The van der Waals surface area contributed by atoms with Crippen LogP contribution in [-0.2, 0) is 9.53 Å². The van der Waals surface area contributed by atoms with E-state index in [-0.39, 0.29) is 12.5 Å². The highest BCUT2D eigenvalue weighted by Crippen LogP contribution is 2.16. The number of esters is 1. The Morgan fingerprint density at radius 3 is 2.15 bits per heavy atom. The van der Waals surface area contributed by atoms with Gasteiger partial charge in [-0.15, -0.1) is 0 Å². The molecule has 0 fully saturated rings. The lowest BCUT2D eigenvalue weighted by Gasteiger charge is -2.11. The third-order valence-electron chi connectivity index (χ3n) is 3.48. The fourth-order valence-electron chi connectivity index (χ4n) is 2.13. The molecule has 0 aliphatic rings. The van der Waals surface area contributed by atoms with Crippen LogP contribution < -0.4 is 15.4 Å². The van der Waals surface area contributed by atoms with Crippen LogP contribution in [0.5, 0.6) is 5.75 Å². The van der Waals surface area contributed by atoms with Crippen LogP contribution in [0.4, 0.5) is 11.4 Å². The molecule has 138 valence electrons. The molecule has 2 aromatic rings. The molecule has 0 saturated carbocycles. The summed E-state index contributed by atoms with van der Waals surface area (Å²) in [5.74, 6) is 0.680. The summed E-state index contributed by atoms with van der Waals surface area (Å²) in [6.07, 6.45) is 0. The van der Waals surface area contributed by atoms with Crippen LogP contribution in [0.1, 0.15) is 24.2 Å². The Morgan fingerprint density at radius 1 is 0.962 bits per heavy atom. The van der Waals surface area contributed by atoms with Crippen molar-refractivity contribution in [3.05, 3.63) is 54.1 Å². The smallest absolute Gasteiger partial charge is 0.337 e. The number of methoxy groups -OCH3 is 1. The van der Waals surface area contributed by atoms with Crippen molar-refractivity contribution in [1.29, 1.82) is 0 Å². The Bertz CT molecular complexity index is 724. The molecule has 0 atom stereocenters. The van der Waals surface area contributed by atoms with Crippen molar-refractivity contribution in [2.75, 3.05) is 30.9 Å². The van der Waals surface area contributed by atoms with E-state index in [2.05, 4.69) is 29.2 Å². The molecule has 0 bridgehead atoms. The number of hydrogen-bond donors (Lipinski definition) is 2. The van der Waals surface area contributed by atoms with Gasteiger partial charge in [0, 0.05) is 11.4 Å². The van der Waals surface area contributed by atoms with Crippen molar-refractivity contribution in [3.8, 4) is 5.75 Å². The molecule has 26 heavy (non-hydrogen) atoms. The summed E-state index contributed by atoms with van der Waals surface area (Å²) in [5, 5.41) is 5.82. The zero-order valence-electron chi connectivity index (χ0n) is 15.2. The van der Waals surface area contributed by atoms with Crippen LogP contribution in [0.3, 0.4) is 0 Å². The first-order valence-corrected chi connectivity index (χ1v) is 8.43. The van der Waals surface area contributed by atoms with Gasteiger partial charge in [0.1, 0.15) is 5.75 Å². The lowest BCUT2D eigenvalue weighted by Crippen LogP contribution is -2.21. The van der Waals surface area contributed by atoms with Crippen molar-refractivity contribution >= 4 is 23.3 Å². The molecule has 0 aliphatic heterocycles. The second kappa shape index (κ2) is 9.46. The van der Waals surface area contributed by atoms with E-state index in [1.165, 1.54) is 7.11 Å². The molecule has 1 amide bonds. The summed E-state index contributed by atoms with van der Waals surface area (Å²) in [6.45, 7) is 4.99. The van der Waals surface area contributed by atoms with Gasteiger partial charge in [-0.2, -0.15) is 0 Å². The van der Waals surface area contributed by atoms with Crippen LogP contribution in [0.2, 0.25) is 0 Å². The van der Waals surface area contributed by atoms with Gasteiger partial charge in [-0.3, -0.25) is 4.79 Å². The summed E-state index contributed by atoms with van der Waals surface area (Å²) in [5.41, 5.74) is 1.88. The SMILES string of the molecule is COC(=O)c1ccc(NC(=O)CNc2ccc(OCC(C)C)cc2)cc1. The van der Waals surface area contributed by atoms with Gasteiger partial charge in [0.2, 0.25) is 5.91 Å². The second-order valence-corrected chi connectivity index (χ2v) is 6.20. The summed E-state index contributed by atoms with van der Waals surface area (Å²) in [6, 6.07) is 14.0. The van der Waals surface area contributed by atoms with Crippen LogP contribution in [0.25, 0.3) is 0 Å². The lowest BCUT2D eigenvalue weighted by atomic mass is 10.2. The standard InChI is InChI=1S/C20H24N2O4/c1-14(2)13-26-18-10-8-16(9-11-18)21-12-19(23)22-17-6-4-15(5-7-17)20(24)25-3/h4-11,14,21H,12-13H2,1-3H3,(H,22,23). The van der Waals surface area contributed by atoms with E-state index < -0.39 is 5.97 Å². The number of nitrogens with one attached hydrogen (secondary N) is 2. The molecule has 0 spiro atoms. The number of amides is 1. The quantitative estimate of drug-likeness (QED) is 0.707. The molecule has 2 N–H and O–H groups in total. The molecule has 0 heterocycles. The number of carbonyl (C=O) groups is 2. The Morgan fingerprint density at radius 2 is 1.58 bits per heavy atom. The number of ether oxygens (including phenoxy) is 2. The minimum Gasteiger partial charge on any atom is -0.493 e. The van der Waals surface area contributed by atoms with E-state index >= 15 is 0 Å². The van der Waals surface area contributed by atoms with Gasteiger partial charge in [-0.05, 0) is 54.4 Å². The van der Waals surface area contributed by atoms with Gasteiger partial charge < -0.3 is 20.1 Å². The first kappa shape index (κ1) is 19.3. The highest BCUT2D eigenvalue weighted by Gasteiger charge is 2.06. The van der Waals surface area contributed by atoms with Crippen molar-refractivity contribution in [1.82, 2.24) is 0 Å². The molecule has 2 aromatic carbocycles. The van der Waals surface area contributed by atoms with Crippen molar-refractivity contribution in [3.63, 3.8) is 0 Å². The number of carbonyl (C=O) groups excluding carboxylic acids is 2. The summed E-state index contributed by atoms with van der Waals surface area (Å²) < 4.78 is 10.3. The molecule has 6 heteroatoms. The minimum atomic E-state index is -0.412. The Kier molecular flexibility index (Phi) is 7.02. The van der Waals surface area contributed by atoms with Gasteiger partial charge in [0.25, 0.3) is 0 Å². The highest BCUT2D eigenvalue weighted by atomic mass is 16.5. The van der Waals surface area contributed by atoms with Crippen LogP contribution >= 0.6 is 0 Å². The van der Waals surface area contributed by atoms with E-state index in [4.69, 9.17) is 4.74 Å².